The fourth-order valence-corrected chi connectivity index (χ4v) is 4.39. The number of para-hydroxylation sites is 1. The Morgan fingerprint density at radius 3 is 2.57 bits per heavy atom. The average Bonchev–Trinajstić information content (AvgIpc) is 3.30. The molecule has 2 N–H and O–H groups in total. The SMILES string of the molecule is CN(C)CC(=O)N1CCC[C@@H](n2ncc3c(N)nc(-c4ccc(Oc5ccccc5)cc4)nc32)C1. The number of aromatic nitrogens is 4. The Kier molecular flexibility index (Phi) is 6.33. The van der Waals surface area contributed by atoms with Crippen LogP contribution < -0.4 is 10.5 Å². The molecule has 3 heterocycles. The lowest BCUT2D eigenvalue weighted by Gasteiger charge is -2.33. The molecule has 2 aromatic heterocycles. The number of likely N-dealkylation sites (tertiary alicyclic amines) is 1. The Morgan fingerprint density at radius 1 is 1.09 bits per heavy atom. The number of carbonyl (C=O) groups is 1. The van der Waals surface area contributed by atoms with Crippen LogP contribution in [0.15, 0.2) is 60.8 Å². The van der Waals surface area contributed by atoms with Gasteiger partial charge in [0, 0.05) is 18.7 Å². The lowest BCUT2D eigenvalue weighted by molar-refractivity contribution is -0.133. The third-order valence-electron chi connectivity index (χ3n) is 6.12. The highest BCUT2D eigenvalue weighted by atomic mass is 16.5. The second kappa shape index (κ2) is 9.71. The molecule has 4 aromatic rings. The first-order chi connectivity index (χ1) is 17.0. The van der Waals surface area contributed by atoms with Gasteiger partial charge in [-0.1, -0.05) is 18.2 Å². The van der Waals surface area contributed by atoms with Gasteiger partial charge in [0.1, 0.15) is 17.3 Å². The summed E-state index contributed by atoms with van der Waals surface area (Å²) in [4.78, 5) is 25.8. The van der Waals surface area contributed by atoms with E-state index in [1.165, 1.54) is 0 Å². The van der Waals surface area contributed by atoms with Crippen LogP contribution in [0.1, 0.15) is 18.9 Å². The first-order valence-corrected chi connectivity index (χ1v) is 11.7. The van der Waals surface area contributed by atoms with Crippen LogP contribution in [0.5, 0.6) is 11.5 Å². The molecule has 0 unspecified atom stereocenters. The molecule has 0 radical (unpaired) electrons. The highest BCUT2D eigenvalue weighted by molar-refractivity contribution is 5.87. The summed E-state index contributed by atoms with van der Waals surface area (Å²) in [6, 6.07) is 17.3. The zero-order valence-corrected chi connectivity index (χ0v) is 20.0. The minimum absolute atomic E-state index is 0.0381. The van der Waals surface area contributed by atoms with Crippen molar-refractivity contribution in [2.75, 3.05) is 39.5 Å². The molecule has 1 aliphatic heterocycles. The summed E-state index contributed by atoms with van der Waals surface area (Å²) in [5.74, 6) is 2.54. The van der Waals surface area contributed by atoms with Crippen LogP contribution in [-0.2, 0) is 4.79 Å². The van der Waals surface area contributed by atoms with Crippen LogP contribution >= 0.6 is 0 Å². The van der Waals surface area contributed by atoms with Crippen molar-refractivity contribution in [3.05, 3.63) is 60.8 Å². The maximum atomic E-state index is 12.6. The smallest absolute Gasteiger partial charge is 0.236 e. The number of fused-ring (bicyclic) bond motifs is 1. The van der Waals surface area contributed by atoms with E-state index in [9.17, 15) is 4.79 Å². The average molecular weight is 472 g/mol. The number of amides is 1. The Hall–Kier alpha value is -3.98. The van der Waals surface area contributed by atoms with E-state index >= 15 is 0 Å². The number of likely N-dealkylation sites (N-methyl/N-ethyl adjacent to an activating group) is 1. The maximum Gasteiger partial charge on any atom is 0.236 e. The number of nitrogens with zero attached hydrogens (tertiary/aromatic N) is 6. The van der Waals surface area contributed by atoms with Gasteiger partial charge in [0.25, 0.3) is 0 Å². The van der Waals surface area contributed by atoms with Gasteiger partial charge in [-0.2, -0.15) is 5.10 Å². The normalized spacial score (nSPS) is 16.1. The molecule has 9 heteroatoms. The molecule has 1 fully saturated rings. The molecular formula is C26H29N7O2. The van der Waals surface area contributed by atoms with Gasteiger partial charge in [-0.15, -0.1) is 0 Å². The topological polar surface area (TPSA) is 102 Å². The third kappa shape index (κ3) is 4.95. The van der Waals surface area contributed by atoms with Gasteiger partial charge in [-0.05, 0) is 63.3 Å². The molecule has 1 amide bonds. The number of carbonyl (C=O) groups excluding carboxylic acids is 1. The van der Waals surface area contributed by atoms with Crippen LogP contribution in [0, 0.1) is 0 Å². The van der Waals surface area contributed by atoms with Gasteiger partial charge in [0.2, 0.25) is 5.91 Å². The fraction of sp³-hybridized carbons (Fsp3) is 0.308. The zero-order chi connectivity index (χ0) is 24.4. The predicted octanol–water partition coefficient (Wildman–Crippen LogP) is 3.59. The molecule has 0 spiro atoms. The lowest BCUT2D eigenvalue weighted by Crippen LogP contribution is -2.44. The Labute approximate surface area is 204 Å². The molecule has 180 valence electrons. The molecular weight excluding hydrogens is 442 g/mol. The van der Waals surface area contributed by atoms with Crippen molar-refractivity contribution in [2.24, 2.45) is 0 Å². The van der Waals surface area contributed by atoms with Crippen LogP contribution in [0.25, 0.3) is 22.4 Å². The second-order valence-electron chi connectivity index (χ2n) is 9.07. The van der Waals surface area contributed by atoms with E-state index in [1.807, 2.05) is 83.2 Å². The van der Waals surface area contributed by atoms with E-state index in [-0.39, 0.29) is 11.9 Å². The minimum atomic E-state index is 0.0381. The summed E-state index contributed by atoms with van der Waals surface area (Å²) in [7, 11) is 3.81. The number of hydrogen-bond acceptors (Lipinski definition) is 7. The number of rotatable bonds is 6. The lowest BCUT2D eigenvalue weighted by atomic mass is 10.1. The summed E-state index contributed by atoms with van der Waals surface area (Å²) >= 11 is 0. The van der Waals surface area contributed by atoms with Crippen LogP contribution in [0.4, 0.5) is 5.82 Å². The highest BCUT2D eigenvalue weighted by Crippen LogP contribution is 2.30. The van der Waals surface area contributed by atoms with Crippen molar-refractivity contribution in [1.82, 2.24) is 29.5 Å². The maximum absolute atomic E-state index is 12.6. The molecule has 5 rings (SSSR count). The number of nitrogen functional groups attached to an aromatic ring is 1. The largest absolute Gasteiger partial charge is 0.457 e. The molecule has 0 saturated carbocycles. The van der Waals surface area contributed by atoms with Crippen molar-refractivity contribution in [3.63, 3.8) is 0 Å². The molecule has 1 saturated heterocycles. The summed E-state index contributed by atoms with van der Waals surface area (Å²) in [6.07, 6.45) is 3.56. The van der Waals surface area contributed by atoms with E-state index in [0.717, 1.165) is 41.8 Å². The quantitative estimate of drug-likeness (QED) is 0.458. The molecule has 0 aliphatic carbocycles. The van der Waals surface area contributed by atoms with E-state index in [4.69, 9.17) is 15.5 Å². The zero-order valence-electron chi connectivity index (χ0n) is 20.0. The fourth-order valence-electron chi connectivity index (χ4n) is 4.39. The van der Waals surface area contributed by atoms with Gasteiger partial charge < -0.3 is 20.3 Å². The number of benzene rings is 2. The van der Waals surface area contributed by atoms with Crippen molar-refractivity contribution < 1.29 is 9.53 Å². The summed E-state index contributed by atoms with van der Waals surface area (Å²) in [5, 5.41) is 5.31. The molecule has 9 nitrogen and oxygen atoms in total. The van der Waals surface area contributed by atoms with Crippen molar-refractivity contribution in [2.45, 2.75) is 18.9 Å². The molecule has 0 bridgehead atoms. The number of anilines is 1. The van der Waals surface area contributed by atoms with Crippen LogP contribution in [0.2, 0.25) is 0 Å². The van der Waals surface area contributed by atoms with E-state index in [1.54, 1.807) is 6.20 Å². The molecule has 2 aromatic carbocycles. The van der Waals surface area contributed by atoms with Crippen molar-refractivity contribution in [1.29, 1.82) is 0 Å². The van der Waals surface area contributed by atoms with Crippen molar-refractivity contribution in [3.8, 4) is 22.9 Å². The summed E-state index contributed by atoms with van der Waals surface area (Å²) in [5.41, 5.74) is 7.82. The van der Waals surface area contributed by atoms with Crippen molar-refractivity contribution >= 4 is 22.8 Å². The Morgan fingerprint density at radius 2 is 1.83 bits per heavy atom. The van der Waals surface area contributed by atoms with Crippen LogP contribution in [-0.4, -0.2) is 69.2 Å². The number of hydrogen-bond donors (Lipinski definition) is 1. The molecule has 1 aliphatic rings. The Balaban J connectivity index is 1.40. The van der Waals surface area contributed by atoms with Gasteiger partial charge in [0.05, 0.1) is 24.2 Å². The first-order valence-electron chi connectivity index (χ1n) is 11.7. The highest BCUT2D eigenvalue weighted by Gasteiger charge is 2.27. The third-order valence-corrected chi connectivity index (χ3v) is 6.12. The Bertz CT molecular complexity index is 1320. The number of piperidine rings is 1. The summed E-state index contributed by atoms with van der Waals surface area (Å²) < 4.78 is 7.79. The van der Waals surface area contributed by atoms with Gasteiger partial charge >= 0.3 is 0 Å². The predicted molar refractivity (Wildman–Crippen MR) is 135 cm³/mol. The van der Waals surface area contributed by atoms with E-state index in [0.29, 0.717) is 30.4 Å². The second-order valence-corrected chi connectivity index (χ2v) is 9.07. The standard InChI is InChI=1S/C26H29N7O2/c1-31(2)17-23(34)32-14-6-7-19(16-32)33-26-22(15-28-33)24(27)29-25(30-26)18-10-12-21(13-11-18)35-20-8-4-3-5-9-20/h3-5,8-13,15,19H,6-7,14,16-17H2,1-2H3,(H2,27,29,30)/t19-/m1/s1. The van der Waals surface area contributed by atoms with Gasteiger partial charge in [-0.25, -0.2) is 14.6 Å². The number of ether oxygens (including phenoxy) is 1. The summed E-state index contributed by atoms with van der Waals surface area (Å²) in [6.45, 7) is 1.77. The van der Waals surface area contributed by atoms with Gasteiger partial charge in [-0.3, -0.25) is 4.79 Å². The van der Waals surface area contributed by atoms with Crippen LogP contribution in [0.3, 0.4) is 0 Å². The first kappa shape index (κ1) is 22.8. The van der Waals surface area contributed by atoms with E-state index in [2.05, 4.69) is 10.1 Å². The number of nitrogens with two attached hydrogens (primary N) is 1. The molecule has 1 atom stereocenters. The minimum Gasteiger partial charge on any atom is -0.457 e. The molecule has 35 heavy (non-hydrogen) atoms. The van der Waals surface area contributed by atoms with Gasteiger partial charge in [0.15, 0.2) is 11.5 Å². The van der Waals surface area contributed by atoms with E-state index < -0.39 is 0 Å². The monoisotopic (exact) mass is 471 g/mol.